The first-order valence-electron chi connectivity index (χ1n) is 7.54. The monoisotopic (exact) mass is 463 g/mol. The van der Waals surface area contributed by atoms with Crippen LogP contribution in [0.1, 0.15) is 18.5 Å². The lowest BCUT2D eigenvalue weighted by atomic mass is 9.95. The van der Waals surface area contributed by atoms with Gasteiger partial charge in [0.25, 0.3) is 5.91 Å². The van der Waals surface area contributed by atoms with E-state index in [0.717, 1.165) is 14.5 Å². The number of hydrogen-bond donors (Lipinski definition) is 3. The molecular weight excluding hydrogens is 450 g/mol. The molecule has 0 radical (unpaired) electrons. The number of carbonyl (C=O) groups excluding carboxylic acids is 2. The number of urea groups is 1. The Hall–Kier alpha value is -2.12. The van der Waals surface area contributed by atoms with Crippen molar-refractivity contribution < 1.29 is 9.59 Å². The molecule has 0 saturated heterocycles. The van der Waals surface area contributed by atoms with Gasteiger partial charge in [-0.3, -0.25) is 4.79 Å². The summed E-state index contributed by atoms with van der Waals surface area (Å²) in [6, 6.07) is 14.0. The third kappa shape index (κ3) is 4.11. The van der Waals surface area contributed by atoms with Crippen LogP contribution in [0, 0.1) is 0 Å². The lowest BCUT2D eigenvalue weighted by Gasteiger charge is -2.28. The van der Waals surface area contributed by atoms with Crippen molar-refractivity contribution in [3.63, 3.8) is 0 Å². The molecule has 1 heterocycles. The van der Waals surface area contributed by atoms with E-state index in [1.54, 1.807) is 19.1 Å². The van der Waals surface area contributed by atoms with Crippen LogP contribution in [-0.2, 0) is 4.79 Å². The van der Waals surface area contributed by atoms with Gasteiger partial charge in [-0.05, 0) is 48.9 Å². The number of nitrogens with one attached hydrogen (secondary N) is 3. The van der Waals surface area contributed by atoms with Gasteiger partial charge in [0, 0.05) is 20.3 Å². The fourth-order valence-electron chi connectivity index (χ4n) is 2.63. The maximum absolute atomic E-state index is 12.8. The Morgan fingerprint density at radius 2 is 1.56 bits per heavy atom. The maximum Gasteiger partial charge on any atom is 0.319 e. The van der Waals surface area contributed by atoms with Gasteiger partial charge in [0.15, 0.2) is 0 Å². The minimum Gasteiger partial charge on any atom is -0.327 e. The molecule has 3 N–H and O–H groups in total. The van der Waals surface area contributed by atoms with Crippen molar-refractivity contribution in [3.8, 4) is 0 Å². The van der Waals surface area contributed by atoms with Gasteiger partial charge in [0.05, 0.1) is 11.6 Å². The number of rotatable bonds is 3. The number of halogens is 2. The van der Waals surface area contributed by atoms with Crippen LogP contribution < -0.4 is 16.0 Å². The molecule has 0 unspecified atom stereocenters. The van der Waals surface area contributed by atoms with Crippen LogP contribution in [0.25, 0.3) is 0 Å². The number of amides is 3. The van der Waals surface area contributed by atoms with Crippen LogP contribution in [0.4, 0.5) is 10.5 Å². The van der Waals surface area contributed by atoms with E-state index < -0.39 is 6.04 Å². The molecule has 1 atom stereocenters. The Morgan fingerprint density at radius 1 is 1.00 bits per heavy atom. The van der Waals surface area contributed by atoms with E-state index in [2.05, 4.69) is 47.8 Å². The summed E-state index contributed by atoms with van der Waals surface area (Å²) in [5.74, 6) is -0.264. The highest BCUT2D eigenvalue weighted by Crippen LogP contribution is 2.28. The zero-order valence-electron chi connectivity index (χ0n) is 13.3. The van der Waals surface area contributed by atoms with Gasteiger partial charge in [0.2, 0.25) is 0 Å². The third-order valence-corrected chi connectivity index (χ3v) is 4.88. The van der Waals surface area contributed by atoms with E-state index in [4.69, 9.17) is 0 Å². The van der Waals surface area contributed by atoms with E-state index >= 15 is 0 Å². The predicted octanol–water partition coefficient (Wildman–Crippen LogP) is 4.48. The van der Waals surface area contributed by atoms with Gasteiger partial charge < -0.3 is 16.0 Å². The molecule has 2 aromatic rings. The molecule has 0 bridgehead atoms. The van der Waals surface area contributed by atoms with Crippen LogP contribution in [0.3, 0.4) is 0 Å². The molecule has 1 aliphatic heterocycles. The molecule has 0 fully saturated rings. The summed E-state index contributed by atoms with van der Waals surface area (Å²) >= 11 is 6.76. The number of benzene rings is 2. The van der Waals surface area contributed by atoms with Crippen LogP contribution in [0.5, 0.6) is 0 Å². The predicted molar refractivity (Wildman–Crippen MR) is 104 cm³/mol. The summed E-state index contributed by atoms with van der Waals surface area (Å²) in [6.45, 7) is 1.72. The smallest absolute Gasteiger partial charge is 0.319 e. The number of hydrogen-bond acceptors (Lipinski definition) is 2. The second-order valence-electron chi connectivity index (χ2n) is 5.58. The highest BCUT2D eigenvalue weighted by molar-refractivity contribution is 9.10. The van der Waals surface area contributed by atoms with E-state index in [9.17, 15) is 9.59 Å². The molecule has 25 heavy (non-hydrogen) atoms. The molecular formula is C18H15Br2N3O2. The lowest BCUT2D eigenvalue weighted by Crippen LogP contribution is -2.45. The molecule has 2 aromatic carbocycles. The summed E-state index contributed by atoms with van der Waals surface area (Å²) in [4.78, 5) is 24.7. The minimum atomic E-state index is -0.516. The molecule has 5 nitrogen and oxygen atoms in total. The van der Waals surface area contributed by atoms with Gasteiger partial charge in [-0.1, -0.05) is 44.0 Å². The largest absolute Gasteiger partial charge is 0.327 e. The van der Waals surface area contributed by atoms with Crippen molar-refractivity contribution in [2.75, 3.05) is 5.32 Å². The van der Waals surface area contributed by atoms with Gasteiger partial charge in [-0.15, -0.1) is 0 Å². The third-order valence-electron chi connectivity index (χ3n) is 3.82. The second kappa shape index (κ2) is 7.41. The van der Waals surface area contributed by atoms with Gasteiger partial charge in [0.1, 0.15) is 0 Å². The molecule has 128 valence electrons. The fraction of sp³-hybridized carbons (Fsp3) is 0.111. The molecule has 7 heteroatoms. The molecule has 0 aliphatic carbocycles. The summed E-state index contributed by atoms with van der Waals surface area (Å²) in [5.41, 5.74) is 2.52. The normalized spacial score (nSPS) is 16.9. The van der Waals surface area contributed by atoms with Crippen LogP contribution in [-0.4, -0.2) is 11.9 Å². The Kier molecular flexibility index (Phi) is 5.24. The van der Waals surface area contributed by atoms with Crippen molar-refractivity contribution in [1.82, 2.24) is 10.6 Å². The molecule has 1 aliphatic rings. The van der Waals surface area contributed by atoms with E-state index in [1.165, 1.54) is 0 Å². The summed E-state index contributed by atoms with van der Waals surface area (Å²) in [7, 11) is 0. The molecule has 0 spiro atoms. The average molecular weight is 465 g/mol. The Labute approximate surface area is 162 Å². The Balaban J connectivity index is 1.92. The SMILES string of the molecule is CC1=C(C(=O)Nc2ccc(Br)cc2)[C@@H](c2ccc(Br)cc2)NC(=O)N1. The van der Waals surface area contributed by atoms with E-state index in [0.29, 0.717) is 17.0 Å². The van der Waals surface area contributed by atoms with Crippen molar-refractivity contribution in [3.05, 3.63) is 74.3 Å². The van der Waals surface area contributed by atoms with Gasteiger partial charge in [-0.25, -0.2) is 4.79 Å². The van der Waals surface area contributed by atoms with E-state index in [1.807, 2.05) is 36.4 Å². The second-order valence-corrected chi connectivity index (χ2v) is 7.41. The highest BCUT2D eigenvalue weighted by Gasteiger charge is 2.31. The summed E-state index contributed by atoms with van der Waals surface area (Å²) in [6.07, 6.45) is 0. The molecule has 0 aromatic heterocycles. The van der Waals surface area contributed by atoms with Crippen molar-refractivity contribution in [2.45, 2.75) is 13.0 Å². The first-order chi connectivity index (χ1) is 11.9. The molecule has 3 amide bonds. The zero-order valence-corrected chi connectivity index (χ0v) is 16.4. The number of anilines is 1. The van der Waals surface area contributed by atoms with Crippen molar-refractivity contribution in [2.24, 2.45) is 0 Å². The molecule has 0 saturated carbocycles. The fourth-order valence-corrected chi connectivity index (χ4v) is 3.16. The first-order valence-corrected chi connectivity index (χ1v) is 9.13. The maximum atomic E-state index is 12.8. The van der Waals surface area contributed by atoms with Gasteiger partial charge >= 0.3 is 6.03 Å². The quantitative estimate of drug-likeness (QED) is 0.626. The van der Waals surface area contributed by atoms with Crippen LogP contribution in [0.2, 0.25) is 0 Å². The Morgan fingerprint density at radius 3 is 2.16 bits per heavy atom. The van der Waals surface area contributed by atoms with Gasteiger partial charge in [-0.2, -0.15) is 0 Å². The van der Waals surface area contributed by atoms with Crippen LogP contribution >= 0.6 is 31.9 Å². The summed E-state index contributed by atoms with van der Waals surface area (Å²) in [5, 5.41) is 8.36. The number of carbonyl (C=O) groups is 2. The standard InChI is InChI=1S/C18H15Br2N3O2/c1-10-15(17(24)22-14-8-6-13(20)7-9-14)16(23-18(25)21-10)11-2-4-12(19)5-3-11/h2-9,16H,1H3,(H,22,24)(H2,21,23,25)/t16-/m1/s1. The topological polar surface area (TPSA) is 70.2 Å². The average Bonchev–Trinajstić information content (AvgIpc) is 2.57. The van der Waals surface area contributed by atoms with Crippen LogP contribution in [0.15, 0.2) is 68.7 Å². The zero-order chi connectivity index (χ0) is 18.0. The Bertz CT molecular complexity index is 846. The van der Waals surface area contributed by atoms with Crippen molar-refractivity contribution in [1.29, 1.82) is 0 Å². The lowest BCUT2D eigenvalue weighted by molar-refractivity contribution is -0.113. The van der Waals surface area contributed by atoms with Crippen molar-refractivity contribution >= 4 is 49.5 Å². The van der Waals surface area contributed by atoms with E-state index in [-0.39, 0.29) is 11.9 Å². The summed E-state index contributed by atoms with van der Waals surface area (Å²) < 4.78 is 1.86. The number of allylic oxidation sites excluding steroid dienone is 1. The molecule has 3 rings (SSSR count). The highest BCUT2D eigenvalue weighted by atomic mass is 79.9. The first kappa shape index (κ1) is 17.7. The minimum absolute atomic E-state index is 0.264.